The van der Waals surface area contributed by atoms with Gasteiger partial charge in [-0.25, -0.2) is 4.79 Å². The fourth-order valence-electron chi connectivity index (χ4n) is 3.52. The molecule has 0 saturated carbocycles. The monoisotopic (exact) mass is 302 g/mol. The van der Waals surface area contributed by atoms with Crippen molar-refractivity contribution in [2.45, 2.75) is 51.8 Å². The third-order valence-corrected chi connectivity index (χ3v) is 4.74. The van der Waals surface area contributed by atoms with Crippen LogP contribution in [-0.2, 0) is 17.7 Å². The normalized spacial score (nSPS) is 20.0. The predicted octanol–water partition coefficient (Wildman–Crippen LogP) is 3.05. The second kappa shape index (κ2) is 6.69. The average molecular weight is 302 g/mol. The third-order valence-electron chi connectivity index (χ3n) is 4.74. The molecule has 0 aromatic heterocycles. The summed E-state index contributed by atoms with van der Waals surface area (Å²) in [7, 11) is 0. The summed E-state index contributed by atoms with van der Waals surface area (Å²) in [5.74, 6) is 0. The molecule has 1 aromatic carbocycles. The fraction of sp³-hybridized carbons (Fsp3) is 0.611. The van der Waals surface area contributed by atoms with Gasteiger partial charge in [0.1, 0.15) is 0 Å². The molecule has 0 spiro atoms. The van der Waals surface area contributed by atoms with Crippen LogP contribution in [0.15, 0.2) is 24.3 Å². The Morgan fingerprint density at radius 1 is 1.14 bits per heavy atom. The average Bonchev–Trinajstić information content (AvgIpc) is 2.54. The van der Waals surface area contributed by atoms with Crippen molar-refractivity contribution in [1.29, 1.82) is 0 Å². The lowest BCUT2D eigenvalue weighted by molar-refractivity contribution is 0.0524. The Morgan fingerprint density at radius 3 is 2.50 bits per heavy atom. The van der Waals surface area contributed by atoms with Gasteiger partial charge in [-0.3, -0.25) is 4.90 Å². The summed E-state index contributed by atoms with van der Waals surface area (Å²) in [6.07, 6.45) is 3.05. The van der Waals surface area contributed by atoms with Crippen LogP contribution in [0, 0.1) is 0 Å². The Hall–Kier alpha value is -1.55. The summed E-state index contributed by atoms with van der Waals surface area (Å²) < 4.78 is 5.29. The van der Waals surface area contributed by atoms with Gasteiger partial charge >= 0.3 is 6.09 Å². The van der Waals surface area contributed by atoms with Gasteiger partial charge in [0.05, 0.1) is 6.10 Å². The van der Waals surface area contributed by atoms with Gasteiger partial charge < -0.3 is 9.64 Å². The van der Waals surface area contributed by atoms with E-state index in [-0.39, 0.29) is 12.2 Å². The molecule has 1 fully saturated rings. The van der Waals surface area contributed by atoms with Gasteiger partial charge in [0.25, 0.3) is 0 Å². The molecule has 1 aromatic rings. The number of benzene rings is 1. The van der Waals surface area contributed by atoms with Crippen molar-refractivity contribution in [1.82, 2.24) is 9.80 Å². The standard InChI is InChI=1S/C18H26N2O2/c1-14(2)22-18(21)19-11-8-17(9-12-19)20-10-7-15-5-3-4-6-16(15)13-20/h3-6,14,17H,7-13H2,1-2H3. The molecule has 120 valence electrons. The van der Waals surface area contributed by atoms with E-state index >= 15 is 0 Å². The van der Waals surface area contributed by atoms with Crippen molar-refractivity contribution >= 4 is 6.09 Å². The van der Waals surface area contributed by atoms with Crippen molar-refractivity contribution in [3.63, 3.8) is 0 Å². The maximum atomic E-state index is 11.9. The number of carbonyl (C=O) groups is 1. The molecular formula is C18H26N2O2. The molecule has 1 saturated heterocycles. The minimum atomic E-state index is -0.155. The number of nitrogens with zero attached hydrogens (tertiary/aromatic N) is 2. The summed E-state index contributed by atoms with van der Waals surface area (Å²) in [4.78, 5) is 16.4. The van der Waals surface area contributed by atoms with Crippen molar-refractivity contribution in [3.8, 4) is 0 Å². The van der Waals surface area contributed by atoms with E-state index in [2.05, 4.69) is 29.2 Å². The van der Waals surface area contributed by atoms with E-state index in [0.717, 1.165) is 45.4 Å². The van der Waals surface area contributed by atoms with Gasteiger partial charge in [0.2, 0.25) is 0 Å². The quantitative estimate of drug-likeness (QED) is 0.842. The number of piperidine rings is 1. The molecule has 4 heteroatoms. The van der Waals surface area contributed by atoms with Crippen LogP contribution in [0.1, 0.15) is 37.8 Å². The molecule has 3 rings (SSSR count). The zero-order chi connectivity index (χ0) is 15.5. The lowest BCUT2D eigenvalue weighted by atomic mass is 9.95. The van der Waals surface area contributed by atoms with E-state index in [1.807, 2.05) is 18.7 Å². The number of hydrogen-bond acceptors (Lipinski definition) is 3. The molecule has 22 heavy (non-hydrogen) atoms. The minimum Gasteiger partial charge on any atom is -0.447 e. The van der Waals surface area contributed by atoms with Gasteiger partial charge in [-0.2, -0.15) is 0 Å². The van der Waals surface area contributed by atoms with Gasteiger partial charge in [0.15, 0.2) is 0 Å². The Bertz CT molecular complexity index is 522. The first-order chi connectivity index (χ1) is 10.6. The van der Waals surface area contributed by atoms with Gasteiger partial charge in [-0.05, 0) is 44.2 Å². The number of likely N-dealkylation sites (tertiary alicyclic amines) is 1. The van der Waals surface area contributed by atoms with Crippen LogP contribution in [0.5, 0.6) is 0 Å². The van der Waals surface area contributed by atoms with Crippen LogP contribution in [0.4, 0.5) is 4.79 Å². The fourth-order valence-corrected chi connectivity index (χ4v) is 3.52. The Morgan fingerprint density at radius 2 is 1.82 bits per heavy atom. The summed E-state index contributed by atoms with van der Waals surface area (Å²) in [6, 6.07) is 9.35. The molecule has 0 radical (unpaired) electrons. The van der Waals surface area contributed by atoms with E-state index in [9.17, 15) is 4.79 Å². The number of rotatable bonds is 2. The number of amides is 1. The molecule has 1 amide bonds. The van der Waals surface area contributed by atoms with E-state index in [4.69, 9.17) is 4.74 Å². The molecule has 2 aliphatic rings. The van der Waals surface area contributed by atoms with Crippen LogP contribution < -0.4 is 0 Å². The molecule has 0 N–H and O–H groups in total. The highest BCUT2D eigenvalue weighted by Gasteiger charge is 2.29. The molecular weight excluding hydrogens is 276 g/mol. The van der Waals surface area contributed by atoms with Gasteiger partial charge in [-0.15, -0.1) is 0 Å². The maximum absolute atomic E-state index is 11.9. The predicted molar refractivity (Wildman–Crippen MR) is 86.8 cm³/mol. The van der Waals surface area contributed by atoms with Gasteiger partial charge in [-0.1, -0.05) is 24.3 Å². The van der Waals surface area contributed by atoms with Crippen LogP contribution >= 0.6 is 0 Å². The first kappa shape index (κ1) is 15.3. The Labute approximate surface area is 133 Å². The smallest absolute Gasteiger partial charge is 0.410 e. The van der Waals surface area contributed by atoms with Crippen molar-refractivity contribution < 1.29 is 9.53 Å². The van der Waals surface area contributed by atoms with E-state index in [1.165, 1.54) is 11.1 Å². The minimum absolute atomic E-state index is 0.0381. The summed E-state index contributed by atoms with van der Waals surface area (Å²) in [5, 5.41) is 0. The first-order valence-corrected chi connectivity index (χ1v) is 8.40. The van der Waals surface area contributed by atoms with Crippen LogP contribution in [-0.4, -0.2) is 47.7 Å². The highest BCUT2D eigenvalue weighted by Crippen LogP contribution is 2.25. The topological polar surface area (TPSA) is 32.8 Å². The molecule has 0 atom stereocenters. The van der Waals surface area contributed by atoms with Crippen molar-refractivity contribution in [3.05, 3.63) is 35.4 Å². The lowest BCUT2D eigenvalue weighted by Gasteiger charge is -2.40. The van der Waals surface area contributed by atoms with E-state index in [0.29, 0.717) is 6.04 Å². The second-order valence-corrected chi connectivity index (χ2v) is 6.64. The zero-order valence-corrected chi connectivity index (χ0v) is 13.6. The third kappa shape index (κ3) is 3.43. The highest BCUT2D eigenvalue weighted by molar-refractivity contribution is 5.67. The number of fused-ring (bicyclic) bond motifs is 1. The number of hydrogen-bond donors (Lipinski definition) is 0. The SMILES string of the molecule is CC(C)OC(=O)N1CCC(N2CCc3ccccc3C2)CC1. The van der Waals surface area contributed by atoms with Gasteiger partial charge in [0, 0.05) is 32.2 Å². The highest BCUT2D eigenvalue weighted by atomic mass is 16.6. The molecule has 0 aliphatic carbocycles. The van der Waals surface area contributed by atoms with Crippen LogP contribution in [0.2, 0.25) is 0 Å². The van der Waals surface area contributed by atoms with Crippen molar-refractivity contribution in [2.24, 2.45) is 0 Å². The molecule has 4 nitrogen and oxygen atoms in total. The summed E-state index contributed by atoms with van der Waals surface area (Å²) >= 11 is 0. The first-order valence-electron chi connectivity index (χ1n) is 8.40. The second-order valence-electron chi connectivity index (χ2n) is 6.64. The summed E-state index contributed by atoms with van der Waals surface area (Å²) in [5.41, 5.74) is 2.96. The molecule has 2 aliphatic heterocycles. The van der Waals surface area contributed by atoms with E-state index in [1.54, 1.807) is 0 Å². The van der Waals surface area contributed by atoms with Crippen molar-refractivity contribution in [2.75, 3.05) is 19.6 Å². The van der Waals surface area contributed by atoms with Crippen LogP contribution in [0.25, 0.3) is 0 Å². The Balaban J connectivity index is 1.53. The Kier molecular flexibility index (Phi) is 4.67. The molecule has 2 heterocycles. The zero-order valence-electron chi connectivity index (χ0n) is 13.6. The van der Waals surface area contributed by atoms with E-state index < -0.39 is 0 Å². The molecule has 0 bridgehead atoms. The lowest BCUT2D eigenvalue weighted by Crippen LogP contribution is -2.48. The summed E-state index contributed by atoms with van der Waals surface area (Å²) in [6.45, 7) is 7.61. The maximum Gasteiger partial charge on any atom is 0.410 e. The molecule has 0 unspecified atom stereocenters. The largest absolute Gasteiger partial charge is 0.447 e. The number of ether oxygens (including phenoxy) is 1. The number of carbonyl (C=O) groups excluding carboxylic acids is 1. The van der Waals surface area contributed by atoms with Crippen LogP contribution in [0.3, 0.4) is 0 Å².